The van der Waals surface area contributed by atoms with Gasteiger partial charge in [0, 0.05) is 16.7 Å². The summed E-state index contributed by atoms with van der Waals surface area (Å²) in [6, 6.07) is 0. The average molecular weight is 665 g/mol. The third-order valence-corrected chi connectivity index (χ3v) is 13.6. The van der Waals surface area contributed by atoms with E-state index in [4.69, 9.17) is 9.47 Å². The smallest absolute Gasteiger partial charge is 0.187 e. The molecular formula is C36H56O11. The quantitative estimate of drug-likeness (QED) is 0.161. The van der Waals surface area contributed by atoms with E-state index >= 15 is 0 Å². The molecule has 7 N–H and O–H groups in total. The Morgan fingerprint density at radius 2 is 1.57 bits per heavy atom. The number of rotatable bonds is 6. The van der Waals surface area contributed by atoms with Crippen LogP contribution < -0.4 is 0 Å². The normalized spacial score (nSPS) is 49.5. The van der Waals surface area contributed by atoms with Gasteiger partial charge in [-0.2, -0.15) is 0 Å². The van der Waals surface area contributed by atoms with E-state index in [1.54, 1.807) is 13.8 Å². The summed E-state index contributed by atoms with van der Waals surface area (Å²) in [6.07, 6.45) is -3.51. The molecule has 3 saturated carbocycles. The van der Waals surface area contributed by atoms with Crippen molar-refractivity contribution < 1.29 is 54.8 Å². The standard InChI is InChI=1S/C36H56O11/c1-17-25(41)26(42)27(43)30(46-17)47-31(2,3)13-12-23(39)36(9,45)28-21(38)15-33(6)22-11-10-18-19(14-20(37)29(44)32(18,4)5)35(22,8)24(40)16-34(28,33)7/h10,12-13,17,19-22,24-28,30,37-38,40-43,45H,11,14-16H2,1-9H3/b13-12+/t17-,19-,20+,21-,22+,24?,25-,26+,27-,28+,30+,33+,34-,35+,36+/m1/s1. The highest BCUT2D eigenvalue weighted by molar-refractivity contribution is 5.97. The van der Waals surface area contributed by atoms with Crippen molar-refractivity contribution in [1.82, 2.24) is 0 Å². The molecule has 0 aromatic carbocycles. The minimum atomic E-state index is -2.03. The van der Waals surface area contributed by atoms with E-state index in [-0.39, 0.29) is 30.5 Å². The van der Waals surface area contributed by atoms with Gasteiger partial charge in [0.2, 0.25) is 0 Å². The van der Waals surface area contributed by atoms with Gasteiger partial charge in [-0.3, -0.25) is 9.59 Å². The van der Waals surface area contributed by atoms with Crippen molar-refractivity contribution in [2.45, 2.75) is 148 Å². The number of allylic oxidation sites excluding steroid dienone is 2. The molecule has 5 rings (SSSR count). The molecule has 0 bridgehead atoms. The van der Waals surface area contributed by atoms with Gasteiger partial charge in [0.1, 0.15) is 30.0 Å². The van der Waals surface area contributed by atoms with Crippen molar-refractivity contribution in [3.63, 3.8) is 0 Å². The van der Waals surface area contributed by atoms with E-state index in [0.29, 0.717) is 12.8 Å². The first-order chi connectivity index (χ1) is 21.4. The summed E-state index contributed by atoms with van der Waals surface area (Å²) in [5, 5.41) is 77.1. The van der Waals surface area contributed by atoms with Crippen molar-refractivity contribution in [1.29, 1.82) is 0 Å². The van der Waals surface area contributed by atoms with Crippen LogP contribution in [0.1, 0.15) is 88.0 Å². The van der Waals surface area contributed by atoms with Gasteiger partial charge in [-0.25, -0.2) is 0 Å². The van der Waals surface area contributed by atoms with Crippen LogP contribution in [-0.4, -0.2) is 108 Å². The van der Waals surface area contributed by atoms with Gasteiger partial charge in [0.15, 0.2) is 17.9 Å². The summed E-state index contributed by atoms with van der Waals surface area (Å²) in [5.41, 5.74) is -5.36. The Kier molecular flexibility index (Phi) is 8.99. The minimum absolute atomic E-state index is 0.166. The van der Waals surface area contributed by atoms with E-state index in [1.807, 2.05) is 27.7 Å². The van der Waals surface area contributed by atoms with Crippen LogP contribution in [0.3, 0.4) is 0 Å². The van der Waals surface area contributed by atoms with Gasteiger partial charge < -0.3 is 45.2 Å². The molecule has 1 heterocycles. The van der Waals surface area contributed by atoms with Crippen LogP contribution in [0.15, 0.2) is 23.8 Å². The fourth-order valence-electron chi connectivity index (χ4n) is 10.7. The number of carbonyl (C=O) groups is 2. The molecule has 47 heavy (non-hydrogen) atoms. The first-order valence-corrected chi connectivity index (χ1v) is 17.0. The number of hydrogen-bond donors (Lipinski definition) is 7. The lowest BCUT2D eigenvalue weighted by atomic mass is 9.38. The zero-order chi connectivity index (χ0) is 35.4. The summed E-state index contributed by atoms with van der Waals surface area (Å²) in [6.45, 7) is 15.9. The van der Waals surface area contributed by atoms with Crippen LogP contribution in [0.5, 0.6) is 0 Å². The zero-order valence-electron chi connectivity index (χ0n) is 29.2. The lowest BCUT2D eigenvalue weighted by Gasteiger charge is -2.67. The van der Waals surface area contributed by atoms with Gasteiger partial charge >= 0.3 is 0 Å². The molecule has 266 valence electrons. The number of aliphatic hydroxyl groups excluding tert-OH is 6. The number of Topliss-reactive ketones (excluding diaryl/α,β-unsaturated/α-hetero) is 1. The molecule has 0 spiro atoms. The van der Waals surface area contributed by atoms with E-state index in [1.165, 1.54) is 26.0 Å². The van der Waals surface area contributed by atoms with Crippen molar-refractivity contribution in [2.24, 2.45) is 39.4 Å². The molecule has 4 aliphatic carbocycles. The van der Waals surface area contributed by atoms with E-state index in [2.05, 4.69) is 13.0 Å². The van der Waals surface area contributed by atoms with Crippen LogP contribution in [0.25, 0.3) is 0 Å². The maximum Gasteiger partial charge on any atom is 0.187 e. The number of carbonyl (C=O) groups excluding carboxylic acids is 2. The maximum absolute atomic E-state index is 13.8. The first kappa shape index (κ1) is 36.7. The lowest BCUT2D eigenvalue weighted by molar-refractivity contribution is -0.310. The fourth-order valence-corrected chi connectivity index (χ4v) is 10.7. The fraction of sp³-hybridized carbons (Fsp3) is 0.833. The predicted molar refractivity (Wildman–Crippen MR) is 170 cm³/mol. The molecule has 0 amide bonds. The zero-order valence-corrected chi connectivity index (χ0v) is 29.2. The Hall–Kier alpha value is -1.54. The lowest BCUT2D eigenvalue weighted by Crippen LogP contribution is -2.66. The summed E-state index contributed by atoms with van der Waals surface area (Å²) in [7, 11) is 0. The Bertz CT molecular complexity index is 1340. The largest absolute Gasteiger partial charge is 0.393 e. The summed E-state index contributed by atoms with van der Waals surface area (Å²) in [4.78, 5) is 26.8. The third-order valence-electron chi connectivity index (χ3n) is 13.6. The molecule has 0 aromatic rings. The Balaban J connectivity index is 1.42. The molecule has 1 aliphatic heterocycles. The molecule has 4 fully saturated rings. The van der Waals surface area contributed by atoms with Crippen LogP contribution in [0.2, 0.25) is 0 Å². The molecule has 0 aromatic heterocycles. The number of ketones is 2. The maximum atomic E-state index is 13.8. The summed E-state index contributed by atoms with van der Waals surface area (Å²) < 4.78 is 11.4. The first-order valence-electron chi connectivity index (χ1n) is 17.0. The van der Waals surface area contributed by atoms with Crippen LogP contribution in [0, 0.1) is 39.4 Å². The molecule has 0 radical (unpaired) electrons. The average Bonchev–Trinajstić information content (AvgIpc) is 3.17. The minimum Gasteiger partial charge on any atom is -0.393 e. The van der Waals surface area contributed by atoms with Crippen molar-refractivity contribution in [3.8, 4) is 0 Å². The molecule has 11 nitrogen and oxygen atoms in total. The second-order valence-corrected chi connectivity index (χ2v) is 17.2. The SMILES string of the molecule is C[C@H]1O[C@@H](OC(C)(C)/C=C/C(=O)[C@](C)(O)[C@H]2[C@H](O)C[C@@]3(C)[C@@H]4CC=C5[C@@H](C[C@H](O)C(=O)C5(C)C)[C@]4(C)C(O)C[C@]23C)[C@H](O)[C@@H](O)[C@@H]1O. The highest BCUT2D eigenvalue weighted by atomic mass is 16.7. The second-order valence-electron chi connectivity index (χ2n) is 17.2. The number of fused-ring (bicyclic) bond motifs is 5. The Morgan fingerprint density at radius 1 is 0.957 bits per heavy atom. The topological polar surface area (TPSA) is 194 Å². The Labute approximate surface area is 277 Å². The van der Waals surface area contributed by atoms with Crippen LogP contribution in [0.4, 0.5) is 0 Å². The predicted octanol–water partition coefficient (Wildman–Crippen LogP) is 1.57. The van der Waals surface area contributed by atoms with Crippen molar-refractivity contribution in [2.75, 3.05) is 0 Å². The van der Waals surface area contributed by atoms with Crippen molar-refractivity contribution >= 4 is 11.6 Å². The van der Waals surface area contributed by atoms with E-state index in [9.17, 15) is 45.3 Å². The molecule has 5 aliphatic rings. The summed E-state index contributed by atoms with van der Waals surface area (Å²) >= 11 is 0. The molecule has 1 saturated heterocycles. The number of aliphatic hydroxyl groups is 7. The van der Waals surface area contributed by atoms with Crippen LogP contribution >= 0.6 is 0 Å². The van der Waals surface area contributed by atoms with Gasteiger partial charge in [-0.1, -0.05) is 32.4 Å². The van der Waals surface area contributed by atoms with Gasteiger partial charge in [-0.15, -0.1) is 0 Å². The van der Waals surface area contributed by atoms with Gasteiger partial charge in [0.05, 0.1) is 23.9 Å². The number of ether oxygens (including phenoxy) is 2. The van der Waals surface area contributed by atoms with E-state index in [0.717, 1.165) is 5.57 Å². The third kappa shape index (κ3) is 5.26. The molecule has 1 unspecified atom stereocenters. The highest BCUT2D eigenvalue weighted by Gasteiger charge is 2.74. The monoisotopic (exact) mass is 664 g/mol. The second kappa shape index (κ2) is 11.5. The highest BCUT2D eigenvalue weighted by Crippen LogP contribution is 2.75. The van der Waals surface area contributed by atoms with E-state index < -0.39 is 93.6 Å². The van der Waals surface area contributed by atoms with Gasteiger partial charge in [-0.05, 0) is 102 Å². The molecule has 15 atom stereocenters. The molecule has 11 heteroatoms. The van der Waals surface area contributed by atoms with Crippen LogP contribution in [-0.2, 0) is 19.1 Å². The Morgan fingerprint density at radius 3 is 2.19 bits per heavy atom. The molecular weight excluding hydrogens is 608 g/mol. The van der Waals surface area contributed by atoms with Crippen molar-refractivity contribution in [3.05, 3.63) is 23.8 Å². The van der Waals surface area contributed by atoms with Gasteiger partial charge in [0.25, 0.3) is 0 Å². The number of hydrogen-bond acceptors (Lipinski definition) is 11. The summed E-state index contributed by atoms with van der Waals surface area (Å²) in [5.74, 6) is -2.23.